The number of carbonyl (C=O) groups is 1. The SMILES string of the molecule is C[C@H](c1cccs1)N(C)C(=O)N[C@H]1CCCc2c1cnn2CCO. The zero-order valence-electron chi connectivity index (χ0n) is 14.1. The Kier molecular flexibility index (Phi) is 5.20. The normalized spacial score (nSPS) is 18.0. The predicted molar refractivity (Wildman–Crippen MR) is 94.0 cm³/mol. The van der Waals surface area contributed by atoms with E-state index in [0.29, 0.717) is 6.54 Å². The Morgan fingerprint density at radius 3 is 3.17 bits per heavy atom. The summed E-state index contributed by atoms with van der Waals surface area (Å²) in [5.74, 6) is 0. The van der Waals surface area contributed by atoms with E-state index in [1.54, 1.807) is 16.2 Å². The first-order valence-corrected chi connectivity index (χ1v) is 9.22. The van der Waals surface area contributed by atoms with Crippen LogP contribution in [0.25, 0.3) is 0 Å². The maximum atomic E-state index is 12.6. The topological polar surface area (TPSA) is 70.4 Å². The van der Waals surface area contributed by atoms with Crippen LogP contribution in [0.1, 0.15) is 48.0 Å². The lowest BCUT2D eigenvalue weighted by Crippen LogP contribution is -2.41. The maximum Gasteiger partial charge on any atom is 0.318 e. The van der Waals surface area contributed by atoms with Gasteiger partial charge in [-0.15, -0.1) is 11.3 Å². The fourth-order valence-electron chi connectivity index (χ4n) is 3.20. The highest BCUT2D eigenvalue weighted by atomic mass is 32.1. The molecule has 24 heavy (non-hydrogen) atoms. The van der Waals surface area contributed by atoms with E-state index in [1.807, 2.05) is 36.3 Å². The fourth-order valence-corrected chi connectivity index (χ4v) is 4.03. The van der Waals surface area contributed by atoms with E-state index in [9.17, 15) is 4.79 Å². The summed E-state index contributed by atoms with van der Waals surface area (Å²) in [5, 5.41) is 18.7. The number of hydrogen-bond acceptors (Lipinski definition) is 4. The molecule has 0 aliphatic heterocycles. The molecule has 0 saturated carbocycles. The third-order valence-corrected chi connectivity index (χ3v) is 5.77. The number of fused-ring (bicyclic) bond motifs is 1. The van der Waals surface area contributed by atoms with Crippen LogP contribution >= 0.6 is 11.3 Å². The van der Waals surface area contributed by atoms with Gasteiger partial charge in [-0.05, 0) is 37.6 Å². The van der Waals surface area contributed by atoms with Crippen molar-refractivity contribution in [1.82, 2.24) is 20.0 Å². The van der Waals surface area contributed by atoms with Crippen LogP contribution < -0.4 is 5.32 Å². The zero-order chi connectivity index (χ0) is 17.1. The third-order valence-electron chi connectivity index (χ3n) is 4.73. The van der Waals surface area contributed by atoms with Crippen molar-refractivity contribution in [1.29, 1.82) is 0 Å². The van der Waals surface area contributed by atoms with Crippen molar-refractivity contribution in [3.05, 3.63) is 39.8 Å². The predicted octanol–water partition coefficient (Wildman–Crippen LogP) is 2.72. The molecule has 0 aromatic carbocycles. The molecule has 2 atom stereocenters. The van der Waals surface area contributed by atoms with Gasteiger partial charge in [0.25, 0.3) is 0 Å². The number of rotatable bonds is 5. The van der Waals surface area contributed by atoms with Crippen LogP contribution in [-0.2, 0) is 13.0 Å². The van der Waals surface area contributed by atoms with Crippen LogP contribution in [0.5, 0.6) is 0 Å². The average Bonchev–Trinajstić information content (AvgIpc) is 3.24. The van der Waals surface area contributed by atoms with Crippen molar-refractivity contribution in [3.8, 4) is 0 Å². The maximum absolute atomic E-state index is 12.6. The molecule has 3 rings (SSSR count). The smallest absolute Gasteiger partial charge is 0.318 e. The molecular formula is C17H24N4O2S. The van der Waals surface area contributed by atoms with Crippen LogP contribution in [0.2, 0.25) is 0 Å². The van der Waals surface area contributed by atoms with E-state index >= 15 is 0 Å². The molecule has 0 fully saturated rings. The second-order valence-corrected chi connectivity index (χ2v) is 7.17. The van der Waals surface area contributed by atoms with Crippen molar-refractivity contribution >= 4 is 17.4 Å². The van der Waals surface area contributed by atoms with Crippen LogP contribution in [0.3, 0.4) is 0 Å². The molecule has 0 bridgehead atoms. The van der Waals surface area contributed by atoms with Gasteiger partial charge in [-0.2, -0.15) is 5.10 Å². The molecule has 2 heterocycles. The number of urea groups is 1. The minimum absolute atomic E-state index is 0.00771. The molecule has 7 heteroatoms. The Morgan fingerprint density at radius 1 is 1.62 bits per heavy atom. The number of nitrogens with one attached hydrogen (secondary N) is 1. The molecule has 2 N–H and O–H groups in total. The third kappa shape index (κ3) is 3.32. The summed E-state index contributed by atoms with van der Waals surface area (Å²) in [6.45, 7) is 2.62. The highest BCUT2D eigenvalue weighted by Crippen LogP contribution is 2.30. The second-order valence-electron chi connectivity index (χ2n) is 6.19. The van der Waals surface area contributed by atoms with E-state index in [0.717, 1.165) is 30.5 Å². The van der Waals surface area contributed by atoms with Crippen LogP contribution in [0.4, 0.5) is 4.79 Å². The number of aromatic nitrogens is 2. The first kappa shape index (κ1) is 17.0. The van der Waals surface area contributed by atoms with Gasteiger partial charge in [0.2, 0.25) is 0 Å². The Bertz CT molecular complexity index is 683. The van der Waals surface area contributed by atoms with Crippen molar-refractivity contribution < 1.29 is 9.90 Å². The van der Waals surface area contributed by atoms with Crippen molar-refractivity contribution in [2.45, 2.75) is 44.8 Å². The first-order chi connectivity index (χ1) is 11.6. The fraction of sp³-hybridized carbons (Fsp3) is 0.529. The summed E-state index contributed by atoms with van der Waals surface area (Å²) in [6, 6.07) is 4.03. The molecule has 2 amide bonds. The lowest BCUT2D eigenvalue weighted by atomic mass is 9.93. The van der Waals surface area contributed by atoms with Crippen LogP contribution in [0.15, 0.2) is 23.7 Å². The lowest BCUT2D eigenvalue weighted by Gasteiger charge is -2.29. The molecule has 6 nitrogen and oxygen atoms in total. The van der Waals surface area contributed by atoms with Gasteiger partial charge in [0.05, 0.1) is 31.4 Å². The van der Waals surface area contributed by atoms with E-state index in [2.05, 4.69) is 16.5 Å². The number of hydrogen-bond donors (Lipinski definition) is 2. The number of carbonyl (C=O) groups excluding carboxylic acids is 1. The van der Waals surface area contributed by atoms with Gasteiger partial charge < -0.3 is 15.3 Å². The molecule has 0 unspecified atom stereocenters. The minimum Gasteiger partial charge on any atom is -0.394 e. The molecule has 0 spiro atoms. The standard InChI is InChI=1S/C17H24N4O2S/c1-12(16-7-4-10-24-16)20(2)17(23)19-14-5-3-6-15-13(14)11-18-21(15)8-9-22/h4,7,10-12,14,22H,3,5-6,8-9H2,1-2H3,(H,19,23)/t12-,14+/m1/s1. The zero-order valence-corrected chi connectivity index (χ0v) is 14.9. The van der Waals surface area contributed by atoms with E-state index in [-0.39, 0.29) is 24.7 Å². The summed E-state index contributed by atoms with van der Waals surface area (Å²) in [5.41, 5.74) is 2.22. The summed E-state index contributed by atoms with van der Waals surface area (Å²) >= 11 is 1.66. The highest BCUT2D eigenvalue weighted by Gasteiger charge is 2.27. The molecule has 0 saturated heterocycles. The van der Waals surface area contributed by atoms with Crippen LogP contribution in [0, 0.1) is 0 Å². The van der Waals surface area contributed by atoms with Gasteiger partial charge in [0, 0.05) is 23.2 Å². The molecule has 2 aromatic rings. The second kappa shape index (κ2) is 7.36. The van der Waals surface area contributed by atoms with E-state index in [4.69, 9.17) is 5.11 Å². The summed E-state index contributed by atoms with van der Waals surface area (Å²) in [6.07, 6.45) is 4.71. The average molecular weight is 348 g/mol. The number of aliphatic hydroxyl groups is 1. The minimum atomic E-state index is -0.0661. The van der Waals surface area contributed by atoms with Gasteiger partial charge in [-0.25, -0.2) is 4.79 Å². The van der Waals surface area contributed by atoms with Crippen molar-refractivity contribution in [2.75, 3.05) is 13.7 Å². The van der Waals surface area contributed by atoms with Gasteiger partial charge in [0.15, 0.2) is 0 Å². The number of nitrogens with zero attached hydrogens (tertiary/aromatic N) is 3. The van der Waals surface area contributed by atoms with Gasteiger partial charge >= 0.3 is 6.03 Å². The van der Waals surface area contributed by atoms with Crippen LogP contribution in [-0.4, -0.2) is 39.5 Å². The molecule has 0 radical (unpaired) electrons. The van der Waals surface area contributed by atoms with Gasteiger partial charge in [-0.3, -0.25) is 4.68 Å². The Balaban J connectivity index is 1.69. The number of amides is 2. The number of thiophene rings is 1. The Hall–Kier alpha value is -1.86. The van der Waals surface area contributed by atoms with E-state index < -0.39 is 0 Å². The molecule has 130 valence electrons. The molecule has 1 aliphatic rings. The first-order valence-electron chi connectivity index (χ1n) is 8.34. The summed E-state index contributed by atoms with van der Waals surface area (Å²) < 4.78 is 1.85. The lowest BCUT2D eigenvalue weighted by molar-refractivity contribution is 0.189. The monoisotopic (exact) mass is 348 g/mol. The van der Waals surface area contributed by atoms with Gasteiger partial charge in [-0.1, -0.05) is 6.07 Å². The molecular weight excluding hydrogens is 324 g/mol. The summed E-state index contributed by atoms with van der Waals surface area (Å²) in [7, 11) is 1.83. The Morgan fingerprint density at radius 2 is 2.46 bits per heavy atom. The van der Waals surface area contributed by atoms with Crippen molar-refractivity contribution in [2.24, 2.45) is 0 Å². The highest BCUT2D eigenvalue weighted by molar-refractivity contribution is 7.10. The molecule has 2 aromatic heterocycles. The van der Waals surface area contributed by atoms with Gasteiger partial charge in [0.1, 0.15) is 0 Å². The quantitative estimate of drug-likeness (QED) is 0.873. The number of aliphatic hydroxyl groups excluding tert-OH is 1. The Labute approximate surface area is 146 Å². The summed E-state index contributed by atoms with van der Waals surface area (Å²) in [4.78, 5) is 15.6. The van der Waals surface area contributed by atoms with Crippen molar-refractivity contribution in [3.63, 3.8) is 0 Å². The van der Waals surface area contributed by atoms with E-state index in [1.165, 1.54) is 4.88 Å². The largest absolute Gasteiger partial charge is 0.394 e. The molecule has 1 aliphatic carbocycles.